The summed E-state index contributed by atoms with van der Waals surface area (Å²) in [5.74, 6) is 0. The lowest BCUT2D eigenvalue weighted by atomic mass is 9.70. The Balaban J connectivity index is 1.24. The van der Waals surface area contributed by atoms with Crippen molar-refractivity contribution in [3.63, 3.8) is 0 Å². The molecule has 0 spiro atoms. The number of benzene rings is 9. The SMILES string of the molecule is CC1(C)c2ccccc2N(c2c(N(c3ccccc3)c3ccc4ccccc4c3)ccc3ccccc23)c2cccc(-c3cccc4c3sc3ccccc34)c21. The quantitative estimate of drug-likeness (QED) is 0.174. The van der Waals surface area contributed by atoms with Gasteiger partial charge in [0.2, 0.25) is 0 Å². The normalized spacial score (nSPS) is 13.3. The van der Waals surface area contributed by atoms with Crippen LogP contribution in [0.4, 0.5) is 34.1 Å². The van der Waals surface area contributed by atoms with Crippen LogP contribution in [0.1, 0.15) is 25.0 Å². The molecule has 266 valence electrons. The number of hydrogen-bond donors (Lipinski definition) is 0. The van der Waals surface area contributed by atoms with E-state index in [0.29, 0.717) is 0 Å². The summed E-state index contributed by atoms with van der Waals surface area (Å²) >= 11 is 1.90. The minimum absolute atomic E-state index is 0.292. The smallest absolute Gasteiger partial charge is 0.0781 e. The lowest BCUT2D eigenvalue weighted by molar-refractivity contribution is 0.634. The molecule has 2 heterocycles. The van der Waals surface area contributed by atoms with Crippen LogP contribution in [-0.4, -0.2) is 0 Å². The lowest BCUT2D eigenvalue weighted by Crippen LogP contribution is -2.32. The number of fused-ring (bicyclic) bond motifs is 7. The highest BCUT2D eigenvalue weighted by Gasteiger charge is 2.40. The van der Waals surface area contributed by atoms with Gasteiger partial charge < -0.3 is 9.80 Å². The van der Waals surface area contributed by atoms with Gasteiger partial charge >= 0.3 is 0 Å². The molecule has 1 aromatic heterocycles. The van der Waals surface area contributed by atoms with E-state index >= 15 is 0 Å². The molecule has 11 rings (SSSR count). The first-order valence-electron chi connectivity index (χ1n) is 19.4. The van der Waals surface area contributed by atoms with Crippen molar-refractivity contribution in [2.24, 2.45) is 0 Å². The summed E-state index contributed by atoms with van der Waals surface area (Å²) in [4.78, 5) is 5.01. The van der Waals surface area contributed by atoms with Crippen molar-refractivity contribution in [1.29, 1.82) is 0 Å². The molecule has 0 aliphatic carbocycles. The molecule has 0 saturated carbocycles. The Morgan fingerprint density at radius 2 is 1.11 bits per heavy atom. The summed E-state index contributed by atoms with van der Waals surface area (Å²) in [6, 6.07) is 71.4. The number of anilines is 6. The van der Waals surface area contributed by atoms with Gasteiger partial charge in [-0.15, -0.1) is 11.3 Å². The van der Waals surface area contributed by atoms with Crippen LogP contribution >= 0.6 is 11.3 Å². The number of hydrogen-bond acceptors (Lipinski definition) is 3. The number of thiophene rings is 1. The van der Waals surface area contributed by atoms with Crippen LogP contribution in [0.5, 0.6) is 0 Å². The molecule has 0 radical (unpaired) electrons. The summed E-state index contributed by atoms with van der Waals surface area (Å²) in [6.07, 6.45) is 0. The molecule has 0 fully saturated rings. The van der Waals surface area contributed by atoms with Crippen molar-refractivity contribution in [1.82, 2.24) is 0 Å². The fourth-order valence-corrected chi connectivity index (χ4v) is 10.5. The van der Waals surface area contributed by atoms with E-state index < -0.39 is 0 Å². The second kappa shape index (κ2) is 12.7. The predicted octanol–water partition coefficient (Wildman–Crippen LogP) is 15.6. The molecule has 0 saturated heterocycles. The molecular formula is C53H38N2S. The van der Waals surface area contributed by atoms with Crippen molar-refractivity contribution < 1.29 is 0 Å². The van der Waals surface area contributed by atoms with Gasteiger partial charge in [-0.05, 0) is 86.9 Å². The highest BCUT2D eigenvalue weighted by atomic mass is 32.1. The topological polar surface area (TPSA) is 6.48 Å². The maximum atomic E-state index is 2.57. The number of para-hydroxylation sites is 2. The Hall–Kier alpha value is -6.68. The molecule has 0 unspecified atom stereocenters. The minimum atomic E-state index is -0.292. The van der Waals surface area contributed by atoms with Gasteiger partial charge in [0, 0.05) is 42.3 Å². The summed E-state index contributed by atoms with van der Waals surface area (Å²) in [5.41, 5.74) is 11.8. The fourth-order valence-electron chi connectivity index (χ4n) is 9.25. The third kappa shape index (κ3) is 4.94. The van der Waals surface area contributed by atoms with Crippen LogP contribution in [0.15, 0.2) is 194 Å². The maximum Gasteiger partial charge on any atom is 0.0781 e. The van der Waals surface area contributed by atoms with Crippen molar-refractivity contribution >= 4 is 87.2 Å². The second-order valence-electron chi connectivity index (χ2n) is 15.3. The van der Waals surface area contributed by atoms with E-state index in [4.69, 9.17) is 0 Å². The van der Waals surface area contributed by atoms with Crippen molar-refractivity contribution in [2.45, 2.75) is 19.3 Å². The molecule has 3 heteroatoms. The van der Waals surface area contributed by atoms with Crippen LogP contribution in [0.25, 0.3) is 52.8 Å². The average molecular weight is 735 g/mol. The molecule has 0 bridgehead atoms. The molecule has 0 amide bonds. The van der Waals surface area contributed by atoms with Gasteiger partial charge in [-0.2, -0.15) is 0 Å². The molecular weight excluding hydrogens is 697 g/mol. The third-order valence-electron chi connectivity index (χ3n) is 11.8. The van der Waals surface area contributed by atoms with Gasteiger partial charge in [-0.1, -0.05) is 159 Å². The lowest BCUT2D eigenvalue weighted by Gasteiger charge is -2.44. The Morgan fingerprint density at radius 3 is 1.98 bits per heavy atom. The second-order valence-corrected chi connectivity index (χ2v) is 16.4. The zero-order chi connectivity index (χ0) is 37.4. The van der Waals surface area contributed by atoms with E-state index in [1.165, 1.54) is 75.3 Å². The Labute approximate surface area is 331 Å². The van der Waals surface area contributed by atoms with E-state index in [2.05, 4.69) is 218 Å². The van der Waals surface area contributed by atoms with Crippen molar-refractivity contribution in [3.05, 3.63) is 205 Å². The largest absolute Gasteiger partial charge is 0.308 e. The summed E-state index contributed by atoms with van der Waals surface area (Å²) in [5, 5.41) is 7.48. The van der Waals surface area contributed by atoms with Crippen molar-refractivity contribution in [2.75, 3.05) is 9.80 Å². The first-order chi connectivity index (χ1) is 27.6. The van der Waals surface area contributed by atoms with Gasteiger partial charge in [-0.3, -0.25) is 0 Å². The first kappa shape index (κ1) is 32.7. The molecule has 1 aliphatic rings. The molecule has 10 aromatic rings. The average Bonchev–Trinajstić information content (AvgIpc) is 3.64. The van der Waals surface area contributed by atoms with E-state index in [9.17, 15) is 0 Å². The van der Waals surface area contributed by atoms with Gasteiger partial charge in [0.25, 0.3) is 0 Å². The number of rotatable bonds is 5. The summed E-state index contributed by atoms with van der Waals surface area (Å²) in [7, 11) is 0. The van der Waals surface area contributed by atoms with Crippen LogP contribution in [0.2, 0.25) is 0 Å². The van der Waals surface area contributed by atoms with E-state index in [0.717, 1.165) is 22.7 Å². The van der Waals surface area contributed by atoms with Crippen LogP contribution in [0, 0.1) is 0 Å². The Morgan fingerprint density at radius 1 is 0.464 bits per heavy atom. The predicted molar refractivity (Wildman–Crippen MR) is 241 cm³/mol. The molecule has 1 aliphatic heterocycles. The Kier molecular flexibility index (Phi) is 7.42. The van der Waals surface area contributed by atoms with E-state index in [-0.39, 0.29) is 5.41 Å². The highest BCUT2D eigenvalue weighted by molar-refractivity contribution is 7.26. The highest BCUT2D eigenvalue weighted by Crippen LogP contribution is 2.58. The van der Waals surface area contributed by atoms with Gasteiger partial charge in [-0.25, -0.2) is 0 Å². The molecule has 2 nitrogen and oxygen atoms in total. The van der Waals surface area contributed by atoms with E-state index in [1.54, 1.807) is 0 Å². The van der Waals surface area contributed by atoms with Crippen LogP contribution in [0.3, 0.4) is 0 Å². The number of nitrogens with zero attached hydrogens (tertiary/aromatic N) is 2. The summed E-state index contributed by atoms with van der Waals surface area (Å²) in [6.45, 7) is 4.82. The van der Waals surface area contributed by atoms with Gasteiger partial charge in [0.1, 0.15) is 0 Å². The molecule has 0 atom stereocenters. The molecule has 56 heavy (non-hydrogen) atoms. The van der Waals surface area contributed by atoms with Crippen LogP contribution in [-0.2, 0) is 5.41 Å². The molecule has 9 aromatic carbocycles. The van der Waals surface area contributed by atoms with E-state index in [1.807, 2.05) is 11.3 Å². The van der Waals surface area contributed by atoms with Crippen molar-refractivity contribution in [3.8, 4) is 11.1 Å². The Bertz CT molecular complexity index is 3140. The third-order valence-corrected chi connectivity index (χ3v) is 13.0. The standard InChI is InChI=1S/C53H38N2S/c1-53(2)45-26-11-12-27-46(45)55(47-28-15-23-42(50(47)53)44-25-14-24-43-41-22-10-13-29-49(41)56-52(43)44)51-40-21-9-8-17-36(40)31-33-48(51)54(38-19-4-3-5-20-38)39-32-30-35-16-6-7-18-37(35)34-39/h3-34H,1-2H3. The zero-order valence-electron chi connectivity index (χ0n) is 31.3. The first-order valence-corrected chi connectivity index (χ1v) is 20.2. The van der Waals surface area contributed by atoms with Crippen LogP contribution < -0.4 is 9.80 Å². The zero-order valence-corrected chi connectivity index (χ0v) is 32.1. The van der Waals surface area contributed by atoms with Gasteiger partial charge in [0.05, 0.1) is 22.7 Å². The summed E-state index contributed by atoms with van der Waals surface area (Å²) < 4.78 is 2.65. The fraction of sp³-hybridized carbons (Fsp3) is 0.0566. The minimum Gasteiger partial charge on any atom is -0.308 e. The monoisotopic (exact) mass is 734 g/mol. The molecule has 0 N–H and O–H groups in total. The van der Waals surface area contributed by atoms with Gasteiger partial charge in [0.15, 0.2) is 0 Å². The maximum absolute atomic E-state index is 2.57.